The van der Waals surface area contributed by atoms with Crippen LogP contribution in [0.25, 0.3) is 0 Å². The summed E-state index contributed by atoms with van der Waals surface area (Å²) in [5.74, 6) is -0.240. The van der Waals surface area contributed by atoms with Gasteiger partial charge in [0, 0.05) is 18.3 Å². The summed E-state index contributed by atoms with van der Waals surface area (Å²) in [6, 6.07) is 2.90. The van der Waals surface area contributed by atoms with Crippen molar-refractivity contribution in [2.75, 3.05) is 0 Å². The second-order valence-corrected chi connectivity index (χ2v) is 3.08. The van der Waals surface area contributed by atoms with Gasteiger partial charge in [0.25, 0.3) is 0 Å². The molecule has 1 unspecified atom stereocenters. The molecule has 2 heterocycles. The Balaban J connectivity index is 2.29. The number of nitrogens with one attached hydrogen (secondary N) is 1. The molecule has 13 heavy (non-hydrogen) atoms. The average molecular weight is 179 g/mol. The maximum atomic E-state index is 13.0. The molecule has 68 valence electrons. The van der Waals surface area contributed by atoms with Crippen LogP contribution >= 0.6 is 0 Å². The molecule has 0 saturated carbocycles. The van der Waals surface area contributed by atoms with Crippen LogP contribution in [0.2, 0.25) is 0 Å². The summed E-state index contributed by atoms with van der Waals surface area (Å²) in [7, 11) is 0. The van der Waals surface area contributed by atoms with Crippen LogP contribution in [0.15, 0.2) is 17.2 Å². The van der Waals surface area contributed by atoms with Crippen LogP contribution < -0.4 is 5.43 Å². The molecule has 2 rings (SSSR count). The van der Waals surface area contributed by atoms with Gasteiger partial charge in [-0.2, -0.15) is 5.10 Å². The first kappa shape index (κ1) is 8.16. The van der Waals surface area contributed by atoms with E-state index in [0.717, 1.165) is 12.1 Å². The maximum Gasteiger partial charge on any atom is 0.126 e. The monoisotopic (exact) mass is 179 g/mol. The standard InChI is InChI=1S/C9H10FN3/c1-6-4-7(10)5-9(12-6)8-2-3-11-13-8/h3-5,8,13H,2H2,1H3. The molecule has 0 spiro atoms. The number of hydrogen-bond donors (Lipinski definition) is 1. The molecule has 0 aromatic carbocycles. The smallest absolute Gasteiger partial charge is 0.126 e. The molecular weight excluding hydrogens is 169 g/mol. The Labute approximate surface area is 75.7 Å². The van der Waals surface area contributed by atoms with Gasteiger partial charge in [0.2, 0.25) is 0 Å². The van der Waals surface area contributed by atoms with Gasteiger partial charge in [-0.3, -0.25) is 4.98 Å². The lowest BCUT2D eigenvalue weighted by Crippen LogP contribution is -2.12. The summed E-state index contributed by atoms with van der Waals surface area (Å²) in [6.45, 7) is 1.78. The highest BCUT2D eigenvalue weighted by Crippen LogP contribution is 2.18. The van der Waals surface area contributed by atoms with Crippen molar-refractivity contribution in [2.45, 2.75) is 19.4 Å². The normalized spacial score (nSPS) is 20.3. The van der Waals surface area contributed by atoms with E-state index in [1.54, 1.807) is 13.1 Å². The first-order chi connectivity index (χ1) is 6.25. The van der Waals surface area contributed by atoms with E-state index < -0.39 is 0 Å². The van der Waals surface area contributed by atoms with Crippen molar-refractivity contribution in [3.63, 3.8) is 0 Å². The van der Waals surface area contributed by atoms with Crippen molar-refractivity contribution >= 4 is 6.21 Å². The predicted molar refractivity (Wildman–Crippen MR) is 47.9 cm³/mol. The van der Waals surface area contributed by atoms with Gasteiger partial charge in [0.1, 0.15) is 5.82 Å². The number of hydrogen-bond acceptors (Lipinski definition) is 3. The second-order valence-electron chi connectivity index (χ2n) is 3.08. The Kier molecular flexibility index (Phi) is 1.96. The highest BCUT2D eigenvalue weighted by Gasteiger charge is 2.15. The van der Waals surface area contributed by atoms with Crippen LogP contribution in [0.4, 0.5) is 4.39 Å². The van der Waals surface area contributed by atoms with Crippen molar-refractivity contribution in [1.82, 2.24) is 10.4 Å². The van der Waals surface area contributed by atoms with Crippen molar-refractivity contribution in [1.29, 1.82) is 0 Å². The topological polar surface area (TPSA) is 37.3 Å². The lowest BCUT2D eigenvalue weighted by Gasteiger charge is -2.09. The van der Waals surface area contributed by atoms with Gasteiger partial charge >= 0.3 is 0 Å². The molecule has 1 aliphatic heterocycles. The first-order valence-corrected chi connectivity index (χ1v) is 4.17. The van der Waals surface area contributed by atoms with Gasteiger partial charge in [-0.05, 0) is 19.1 Å². The molecule has 0 amide bonds. The van der Waals surface area contributed by atoms with Crippen LogP contribution in [-0.4, -0.2) is 11.2 Å². The molecule has 3 nitrogen and oxygen atoms in total. The van der Waals surface area contributed by atoms with Gasteiger partial charge in [-0.1, -0.05) is 0 Å². The molecule has 0 saturated heterocycles. The number of halogens is 1. The molecule has 0 bridgehead atoms. The fourth-order valence-electron chi connectivity index (χ4n) is 1.37. The summed E-state index contributed by atoms with van der Waals surface area (Å²) in [5, 5.41) is 3.86. The minimum atomic E-state index is -0.240. The summed E-state index contributed by atoms with van der Waals surface area (Å²) >= 11 is 0. The number of aromatic nitrogens is 1. The quantitative estimate of drug-likeness (QED) is 0.710. The fraction of sp³-hybridized carbons (Fsp3) is 0.333. The first-order valence-electron chi connectivity index (χ1n) is 4.17. The Morgan fingerprint density at radius 1 is 1.54 bits per heavy atom. The van der Waals surface area contributed by atoms with E-state index in [2.05, 4.69) is 15.5 Å². The van der Waals surface area contributed by atoms with E-state index in [0.29, 0.717) is 5.69 Å². The molecule has 0 radical (unpaired) electrons. The Hall–Kier alpha value is -1.45. The van der Waals surface area contributed by atoms with Gasteiger partial charge in [0.05, 0.1) is 11.7 Å². The Bertz CT molecular complexity index is 320. The molecule has 1 atom stereocenters. The Morgan fingerprint density at radius 3 is 3.00 bits per heavy atom. The largest absolute Gasteiger partial charge is 0.301 e. The summed E-state index contributed by atoms with van der Waals surface area (Å²) < 4.78 is 13.0. The van der Waals surface area contributed by atoms with Crippen molar-refractivity contribution in [2.24, 2.45) is 5.10 Å². The number of aryl methyl sites for hydroxylation is 1. The zero-order chi connectivity index (χ0) is 9.26. The van der Waals surface area contributed by atoms with E-state index in [1.807, 2.05) is 0 Å². The third-order valence-electron chi connectivity index (χ3n) is 1.96. The van der Waals surface area contributed by atoms with Gasteiger partial charge in [-0.25, -0.2) is 4.39 Å². The van der Waals surface area contributed by atoms with Crippen molar-refractivity contribution in [3.05, 3.63) is 29.3 Å². The molecule has 0 fully saturated rings. The van der Waals surface area contributed by atoms with Crippen molar-refractivity contribution < 1.29 is 4.39 Å². The fourth-order valence-corrected chi connectivity index (χ4v) is 1.37. The molecule has 1 aromatic heterocycles. The number of hydrazone groups is 1. The number of rotatable bonds is 1. The van der Waals surface area contributed by atoms with Gasteiger partial charge in [0.15, 0.2) is 0 Å². The third-order valence-corrected chi connectivity index (χ3v) is 1.96. The van der Waals surface area contributed by atoms with Gasteiger partial charge in [-0.15, -0.1) is 0 Å². The zero-order valence-electron chi connectivity index (χ0n) is 7.29. The number of nitrogens with zero attached hydrogens (tertiary/aromatic N) is 2. The van der Waals surface area contributed by atoms with E-state index >= 15 is 0 Å². The molecule has 1 N–H and O–H groups in total. The van der Waals surface area contributed by atoms with E-state index in [4.69, 9.17) is 0 Å². The minimum absolute atomic E-state index is 0.0365. The average Bonchev–Trinajstić information content (AvgIpc) is 2.53. The second kappa shape index (κ2) is 3.12. The molecule has 1 aromatic rings. The van der Waals surface area contributed by atoms with Crippen molar-refractivity contribution in [3.8, 4) is 0 Å². The molecule has 1 aliphatic rings. The van der Waals surface area contributed by atoms with Crippen LogP contribution in [0.1, 0.15) is 23.9 Å². The zero-order valence-corrected chi connectivity index (χ0v) is 7.29. The van der Waals surface area contributed by atoms with Gasteiger partial charge < -0.3 is 5.43 Å². The van der Waals surface area contributed by atoms with Crippen LogP contribution in [0, 0.1) is 12.7 Å². The van der Waals surface area contributed by atoms with E-state index in [1.165, 1.54) is 12.1 Å². The van der Waals surface area contributed by atoms with Crippen LogP contribution in [0.5, 0.6) is 0 Å². The highest BCUT2D eigenvalue weighted by molar-refractivity contribution is 5.60. The molecular formula is C9H10FN3. The number of pyridine rings is 1. The van der Waals surface area contributed by atoms with Crippen LogP contribution in [-0.2, 0) is 0 Å². The van der Waals surface area contributed by atoms with E-state index in [9.17, 15) is 4.39 Å². The van der Waals surface area contributed by atoms with Crippen LogP contribution in [0.3, 0.4) is 0 Å². The lowest BCUT2D eigenvalue weighted by molar-refractivity contribution is 0.577. The lowest BCUT2D eigenvalue weighted by atomic mass is 10.1. The molecule has 0 aliphatic carbocycles. The third kappa shape index (κ3) is 1.66. The molecule has 4 heteroatoms. The highest BCUT2D eigenvalue weighted by atomic mass is 19.1. The summed E-state index contributed by atoms with van der Waals surface area (Å²) in [5.41, 5.74) is 4.28. The maximum absolute atomic E-state index is 13.0. The summed E-state index contributed by atoms with van der Waals surface area (Å²) in [6.07, 6.45) is 2.54. The Morgan fingerprint density at radius 2 is 2.38 bits per heavy atom. The van der Waals surface area contributed by atoms with E-state index in [-0.39, 0.29) is 11.9 Å². The minimum Gasteiger partial charge on any atom is -0.301 e. The summed E-state index contributed by atoms with van der Waals surface area (Å²) in [4.78, 5) is 4.23. The SMILES string of the molecule is Cc1cc(F)cc(C2CC=NN2)n1. The predicted octanol–water partition coefficient (Wildman–Crippen LogP) is 1.55.